The van der Waals surface area contributed by atoms with Gasteiger partial charge in [-0.15, -0.1) is 0 Å². The third-order valence-corrected chi connectivity index (χ3v) is 8.16. The Morgan fingerprint density at radius 1 is 1.21 bits per heavy atom. The molecule has 12 heteroatoms. The van der Waals surface area contributed by atoms with E-state index in [0.29, 0.717) is 12.5 Å². The molecule has 0 bridgehead atoms. The maximum atomic E-state index is 13.4. The second-order valence-corrected chi connectivity index (χ2v) is 10.6. The Bertz CT molecular complexity index is 1040. The van der Waals surface area contributed by atoms with E-state index in [0.717, 1.165) is 25.0 Å². The molecule has 2 amide bonds. The lowest BCUT2D eigenvalue weighted by Crippen LogP contribution is -2.53. The van der Waals surface area contributed by atoms with Crippen molar-refractivity contribution in [3.05, 3.63) is 29.8 Å². The first-order valence-electron chi connectivity index (χ1n) is 10.7. The fourth-order valence-electron chi connectivity index (χ4n) is 4.16. The van der Waals surface area contributed by atoms with E-state index in [1.807, 2.05) is 0 Å². The van der Waals surface area contributed by atoms with Crippen LogP contribution in [-0.2, 0) is 30.4 Å². The number of rotatable bonds is 9. The number of Topliss-reactive ketones (excluding diaryl/α,β-unsaturated/α-hetero) is 1. The van der Waals surface area contributed by atoms with E-state index in [4.69, 9.17) is 5.73 Å². The van der Waals surface area contributed by atoms with E-state index in [9.17, 15) is 36.0 Å². The number of sulfone groups is 1. The molecule has 2 aliphatic rings. The van der Waals surface area contributed by atoms with Crippen LogP contribution in [0.15, 0.2) is 29.2 Å². The molecule has 1 saturated carbocycles. The fraction of sp³-hybridized carbons (Fsp3) is 0.571. The number of nitrogens with zero attached hydrogens (tertiary/aromatic N) is 1. The van der Waals surface area contributed by atoms with Crippen molar-refractivity contribution >= 4 is 27.4 Å². The topological polar surface area (TPSA) is 127 Å². The molecule has 0 aromatic heterocycles. The van der Waals surface area contributed by atoms with E-state index < -0.39 is 67.9 Å². The van der Waals surface area contributed by atoms with Crippen molar-refractivity contribution < 1.29 is 36.0 Å². The molecule has 33 heavy (non-hydrogen) atoms. The van der Waals surface area contributed by atoms with Gasteiger partial charge in [0.1, 0.15) is 0 Å². The van der Waals surface area contributed by atoms with Crippen molar-refractivity contribution in [3.63, 3.8) is 0 Å². The van der Waals surface area contributed by atoms with Crippen molar-refractivity contribution in [2.24, 2.45) is 5.73 Å². The van der Waals surface area contributed by atoms with Gasteiger partial charge in [0, 0.05) is 12.6 Å². The average Bonchev–Trinajstić information content (AvgIpc) is 3.44. The number of carbonyl (C=O) groups excluding carboxylic acids is 3. The van der Waals surface area contributed by atoms with Gasteiger partial charge in [0.05, 0.1) is 27.8 Å². The summed E-state index contributed by atoms with van der Waals surface area (Å²) in [6, 6.07) is 1.42. The largest absolute Gasteiger partial charge is 0.417 e. The van der Waals surface area contributed by atoms with Crippen LogP contribution < -0.4 is 11.1 Å². The van der Waals surface area contributed by atoms with Gasteiger partial charge in [-0.05, 0) is 37.8 Å². The summed E-state index contributed by atoms with van der Waals surface area (Å²) in [6.45, 7) is 1.36. The minimum absolute atomic E-state index is 0.0822. The molecule has 1 aromatic rings. The molecule has 1 aliphatic heterocycles. The zero-order valence-electron chi connectivity index (χ0n) is 18.0. The second-order valence-electron chi connectivity index (χ2n) is 8.43. The Labute approximate surface area is 189 Å². The van der Waals surface area contributed by atoms with Crippen molar-refractivity contribution in [1.82, 2.24) is 10.2 Å². The van der Waals surface area contributed by atoms with Gasteiger partial charge in [0.15, 0.2) is 9.84 Å². The lowest BCUT2D eigenvalue weighted by Gasteiger charge is -2.30. The van der Waals surface area contributed by atoms with Crippen molar-refractivity contribution in [3.8, 4) is 0 Å². The summed E-state index contributed by atoms with van der Waals surface area (Å²) in [7, 11) is -4.54. The van der Waals surface area contributed by atoms with Crippen molar-refractivity contribution in [2.45, 2.75) is 73.5 Å². The number of likely N-dealkylation sites (tertiary alicyclic amines) is 1. The maximum absolute atomic E-state index is 13.4. The highest BCUT2D eigenvalue weighted by molar-refractivity contribution is 7.92. The molecule has 2 fully saturated rings. The number of halogens is 3. The van der Waals surface area contributed by atoms with Crippen LogP contribution in [0.25, 0.3) is 0 Å². The van der Waals surface area contributed by atoms with Gasteiger partial charge in [-0.1, -0.05) is 25.5 Å². The first kappa shape index (κ1) is 25.2. The van der Waals surface area contributed by atoms with E-state index in [1.54, 1.807) is 6.92 Å². The predicted octanol–water partition coefficient (Wildman–Crippen LogP) is 1.42. The molecule has 0 radical (unpaired) electrons. The predicted molar refractivity (Wildman–Crippen MR) is 112 cm³/mol. The Morgan fingerprint density at radius 2 is 1.85 bits per heavy atom. The van der Waals surface area contributed by atoms with Gasteiger partial charge in [-0.2, -0.15) is 13.2 Å². The van der Waals surface area contributed by atoms with E-state index >= 15 is 0 Å². The minimum Gasteiger partial charge on any atom is -0.368 e. The van der Waals surface area contributed by atoms with Gasteiger partial charge in [0.25, 0.3) is 5.91 Å². The number of nitrogens with one attached hydrogen (secondary N) is 1. The normalized spacial score (nSPS) is 22.7. The van der Waals surface area contributed by atoms with Gasteiger partial charge < -0.3 is 11.1 Å². The first-order valence-corrected chi connectivity index (χ1v) is 12.2. The highest BCUT2D eigenvalue weighted by Crippen LogP contribution is 2.38. The molecule has 1 aliphatic carbocycles. The Kier molecular flexibility index (Phi) is 7.18. The van der Waals surface area contributed by atoms with Crippen molar-refractivity contribution in [1.29, 1.82) is 0 Å². The molecule has 3 atom stereocenters. The summed E-state index contributed by atoms with van der Waals surface area (Å²) < 4.78 is 66.7. The molecule has 182 valence electrons. The molecule has 1 aromatic carbocycles. The Balaban J connectivity index is 1.93. The number of benzene rings is 1. The van der Waals surface area contributed by atoms with Gasteiger partial charge in [-0.25, -0.2) is 8.42 Å². The molecule has 1 heterocycles. The summed E-state index contributed by atoms with van der Waals surface area (Å²) in [6.07, 6.45) is -3.15. The number of hydrogen-bond acceptors (Lipinski definition) is 6. The standard InChI is InChI=1S/C21H26F3N3O5S/c1-2-5-15(18(28)20(30)26-12-8-9-12)27-11-13(10-16(27)19(25)29)33(31,32)17-7-4-3-6-14(17)21(22,23)24/h3-4,6-7,12-13,15-16H,2,5,8-11H2,1H3,(H2,25,29)(H,26,30)/t13?,15-,16?/m0/s1. The maximum Gasteiger partial charge on any atom is 0.417 e. The number of hydrogen-bond donors (Lipinski definition) is 2. The fourth-order valence-corrected chi connectivity index (χ4v) is 6.08. The van der Waals surface area contributed by atoms with Crippen LogP contribution in [0.1, 0.15) is 44.6 Å². The molecule has 2 unspecified atom stereocenters. The van der Waals surface area contributed by atoms with Crippen LogP contribution in [0.4, 0.5) is 13.2 Å². The highest BCUT2D eigenvalue weighted by atomic mass is 32.2. The summed E-state index contributed by atoms with van der Waals surface area (Å²) in [4.78, 5) is 37.7. The average molecular weight is 490 g/mol. The van der Waals surface area contributed by atoms with E-state index in [-0.39, 0.29) is 18.9 Å². The third-order valence-electron chi connectivity index (χ3n) is 5.97. The zero-order valence-corrected chi connectivity index (χ0v) is 18.8. The smallest absolute Gasteiger partial charge is 0.368 e. The second kappa shape index (κ2) is 9.41. The number of nitrogens with two attached hydrogens (primary N) is 1. The van der Waals surface area contributed by atoms with Gasteiger partial charge in [-0.3, -0.25) is 19.3 Å². The monoisotopic (exact) mass is 489 g/mol. The van der Waals surface area contributed by atoms with Crippen LogP contribution in [0.5, 0.6) is 0 Å². The van der Waals surface area contributed by atoms with Crippen LogP contribution in [-0.4, -0.2) is 60.8 Å². The molecular formula is C21H26F3N3O5S. The van der Waals surface area contributed by atoms with Crippen LogP contribution in [0, 0.1) is 0 Å². The molecular weight excluding hydrogens is 463 g/mol. The molecule has 3 N–H and O–H groups in total. The summed E-state index contributed by atoms with van der Waals surface area (Å²) >= 11 is 0. The lowest BCUT2D eigenvalue weighted by atomic mass is 10.0. The summed E-state index contributed by atoms with van der Waals surface area (Å²) in [5.74, 6) is -2.55. The number of ketones is 1. The summed E-state index contributed by atoms with van der Waals surface area (Å²) in [5, 5.41) is 1.17. The zero-order chi connectivity index (χ0) is 24.6. The lowest BCUT2D eigenvalue weighted by molar-refractivity contribution is -0.142. The number of amides is 2. The number of alkyl halides is 3. The molecule has 8 nitrogen and oxygen atoms in total. The summed E-state index contributed by atoms with van der Waals surface area (Å²) in [5.41, 5.74) is 4.16. The third kappa shape index (κ3) is 5.37. The Hall–Kier alpha value is -2.47. The first-order chi connectivity index (χ1) is 15.4. The number of primary amides is 1. The molecule has 3 rings (SSSR count). The van der Waals surface area contributed by atoms with E-state index in [1.165, 1.54) is 11.0 Å². The van der Waals surface area contributed by atoms with Gasteiger partial charge >= 0.3 is 6.18 Å². The SMILES string of the molecule is CCC[C@@H](C(=O)C(=O)NC1CC1)N1CC(S(=O)(=O)c2ccccc2C(F)(F)F)CC1C(N)=O. The minimum atomic E-state index is -4.90. The van der Waals surface area contributed by atoms with Crippen LogP contribution >= 0.6 is 0 Å². The van der Waals surface area contributed by atoms with Crippen LogP contribution in [0.2, 0.25) is 0 Å². The van der Waals surface area contributed by atoms with Crippen LogP contribution in [0.3, 0.4) is 0 Å². The quantitative estimate of drug-likeness (QED) is 0.506. The molecule has 0 spiro atoms. The van der Waals surface area contributed by atoms with E-state index in [2.05, 4.69) is 5.32 Å². The highest BCUT2D eigenvalue weighted by Gasteiger charge is 2.49. The number of carbonyl (C=O) groups is 3. The Morgan fingerprint density at radius 3 is 2.39 bits per heavy atom. The van der Waals surface area contributed by atoms with Gasteiger partial charge in [0.2, 0.25) is 11.7 Å². The van der Waals surface area contributed by atoms with Crippen molar-refractivity contribution in [2.75, 3.05) is 6.54 Å². The molecule has 1 saturated heterocycles.